The van der Waals surface area contributed by atoms with Crippen molar-refractivity contribution in [1.82, 2.24) is 10.6 Å². The average molecular weight is 224 g/mol. The Bertz CT molecular complexity index is 398. The second-order valence-electron chi connectivity index (χ2n) is 3.66. The molecule has 2 aliphatic heterocycles. The third kappa shape index (κ3) is 3.01. The van der Waals surface area contributed by atoms with Crippen LogP contribution in [0.1, 0.15) is 20.3 Å². The van der Waals surface area contributed by atoms with Gasteiger partial charge in [-0.3, -0.25) is 29.8 Å². The van der Waals surface area contributed by atoms with E-state index in [1.165, 1.54) is 6.08 Å². The van der Waals surface area contributed by atoms with Crippen molar-refractivity contribution in [2.75, 3.05) is 0 Å². The Hall–Kier alpha value is -1.98. The van der Waals surface area contributed by atoms with Crippen LogP contribution in [-0.2, 0) is 19.2 Å². The van der Waals surface area contributed by atoms with Crippen molar-refractivity contribution in [3.05, 3.63) is 11.6 Å². The summed E-state index contributed by atoms with van der Waals surface area (Å²) in [6, 6.07) is 0. The van der Waals surface area contributed by atoms with Crippen molar-refractivity contribution in [3.63, 3.8) is 0 Å². The third-order valence-electron chi connectivity index (χ3n) is 2.14. The molecule has 0 aromatic carbocycles. The predicted molar refractivity (Wildman–Crippen MR) is 53.8 cm³/mol. The van der Waals surface area contributed by atoms with Crippen LogP contribution in [0.2, 0.25) is 0 Å². The van der Waals surface area contributed by atoms with Gasteiger partial charge in [0, 0.05) is 24.0 Å². The standard InChI is InChI=1S/C5H7NO2.C5H5NO2/c2*1-3-2-4(7)6-5(3)8/h3H,2H2,1H3,(H,6,7,8);2H,1H3,(H,6,7,8). The van der Waals surface area contributed by atoms with Crippen LogP contribution >= 0.6 is 0 Å². The maximum absolute atomic E-state index is 10.5. The Morgan fingerprint density at radius 2 is 1.81 bits per heavy atom. The van der Waals surface area contributed by atoms with E-state index in [9.17, 15) is 19.2 Å². The van der Waals surface area contributed by atoms with Gasteiger partial charge in [-0.1, -0.05) is 6.92 Å². The van der Waals surface area contributed by atoms with Gasteiger partial charge >= 0.3 is 0 Å². The third-order valence-corrected chi connectivity index (χ3v) is 2.14. The van der Waals surface area contributed by atoms with Gasteiger partial charge in [-0.2, -0.15) is 0 Å². The van der Waals surface area contributed by atoms with Gasteiger partial charge in [0.25, 0.3) is 11.8 Å². The zero-order chi connectivity index (χ0) is 12.3. The molecule has 0 aliphatic carbocycles. The van der Waals surface area contributed by atoms with Crippen LogP contribution in [0.4, 0.5) is 0 Å². The second kappa shape index (κ2) is 4.69. The number of hydrogen-bond acceptors (Lipinski definition) is 4. The van der Waals surface area contributed by atoms with Gasteiger partial charge in [-0.05, 0) is 6.92 Å². The molecule has 2 N–H and O–H groups in total. The molecule has 0 aromatic rings. The van der Waals surface area contributed by atoms with Crippen molar-refractivity contribution >= 4 is 23.6 Å². The smallest absolute Gasteiger partial charge is 0.253 e. The Morgan fingerprint density at radius 3 is 1.94 bits per heavy atom. The minimum atomic E-state index is -0.312. The molecule has 0 aromatic heterocycles. The van der Waals surface area contributed by atoms with E-state index in [1.54, 1.807) is 13.8 Å². The molecule has 16 heavy (non-hydrogen) atoms. The van der Waals surface area contributed by atoms with E-state index < -0.39 is 0 Å². The number of amides is 4. The van der Waals surface area contributed by atoms with Gasteiger partial charge in [-0.15, -0.1) is 0 Å². The number of carbonyl (C=O) groups excluding carboxylic acids is 4. The van der Waals surface area contributed by atoms with Crippen LogP contribution in [0.25, 0.3) is 0 Å². The Labute approximate surface area is 92.1 Å². The lowest BCUT2D eigenvalue weighted by molar-refractivity contribution is -0.126. The SMILES string of the molecule is CC1=CC(=O)NC1=O.CC1CC(=O)NC1=O. The maximum atomic E-state index is 10.5. The summed E-state index contributed by atoms with van der Waals surface area (Å²) in [6.07, 6.45) is 1.64. The van der Waals surface area contributed by atoms with Crippen molar-refractivity contribution < 1.29 is 19.2 Å². The highest BCUT2D eigenvalue weighted by atomic mass is 16.2. The van der Waals surface area contributed by atoms with Crippen LogP contribution in [0.3, 0.4) is 0 Å². The second-order valence-corrected chi connectivity index (χ2v) is 3.66. The Kier molecular flexibility index (Phi) is 3.55. The molecule has 0 spiro atoms. The molecule has 1 atom stereocenters. The summed E-state index contributed by atoms with van der Waals surface area (Å²) >= 11 is 0. The van der Waals surface area contributed by atoms with Crippen molar-refractivity contribution in [2.45, 2.75) is 20.3 Å². The minimum absolute atomic E-state index is 0.109. The highest BCUT2D eigenvalue weighted by Crippen LogP contribution is 2.07. The number of nitrogens with one attached hydrogen (secondary N) is 2. The molecule has 0 radical (unpaired) electrons. The van der Waals surface area contributed by atoms with Crippen LogP contribution in [0, 0.1) is 5.92 Å². The first-order chi connectivity index (χ1) is 7.40. The van der Waals surface area contributed by atoms with Crippen molar-refractivity contribution in [1.29, 1.82) is 0 Å². The van der Waals surface area contributed by atoms with Gasteiger partial charge in [0.15, 0.2) is 0 Å². The number of imide groups is 2. The first-order valence-electron chi connectivity index (χ1n) is 4.77. The molecule has 1 unspecified atom stereocenters. The maximum Gasteiger partial charge on any atom is 0.253 e. The molecule has 6 nitrogen and oxygen atoms in total. The first kappa shape index (κ1) is 12.1. The molecule has 2 aliphatic rings. The van der Waals surface area contributed by atoms with Crippen LogP contribution in [0.15, 0.2) is 11.6 Å². The van der Waals surface area contributed by atoms with E-state index in [2.05, 4.69) is 10.6 Å². The molecule has 2 rings (SSSR count). The van der Waals surface area contributed by atoms with Gasteiger partial charge in [-0.25, -0.2) is 0 Å². The molecule has 0 bridgehead atoms. The van der Waals surface area contributed by atoms with Gasteiger partial charge in [0.1, 0.15) is 0 Å². The highest BCUT2D eigenvalue weighted by Gasteiger charge is 2.25. The van der Waals surface area contributed by atoms with Gasteiger partial charge in [0.05, 0.1) is 0 Å². The topological polar surface area (TPSA) is 92.3 Å². The molecule has 1 saturated heterocycles. The van der Waals surface area contributed by atoms with Crippen molar-refractivity contribution in [3.8, 4) is 0 Å². The summed E-state index contributed by atoms with van der Waals surface area (Å²) in [6.45, 7) is 3.33. The Balaban J connectivity index is 0.000000160. The summed E-state index contributed by atoms with van der Waals surface area (Å²) < 4.78 is 0. The lowest BCUT2D eigenvalue weighted by Crippen LogP contribution is -2.21. The fraction of sp³-hybridized carbons (Fsp3) is 0.400. The van der Waals surface area contributed by atoms with E-state index in [0.29, 0.717) is 12.0 Å². The molecular formula is C10H12N2O4. The van der Waals surface area contributed by atoms with E-state index >= 15 is 0 Å². The molecule has 1 fully saturated rings. The quantitative estimate of drug-likeness (QED) is 0.530. The zero-order valence-corrected chi connectivity index (χ0v) is 8.99. The molecule has 86 valence electrons. The van der Waals surface area contributed by atoms with E-state index in [1.807, 2.05) is 0 Å². The fourth-order valence-corrected chi connectivity index (χ4v) is 1.19. The average Bonchev–Trinajstić information content (AvgIpc) is 2.58. The lowest BCUT2D eigenvalue weighted by atomic mass is 10.1. The zero-order valence-electron chi connectivity index (χ0n) is 8.99. The van der Waals surface area contributed by atoms with E-state index in [4.69, 9.17) is 0 Å². The molecule has 4 amide bonds. The van der Waals surface area contributed by atoms with E-state index in [-0.39, 0.29) is 29.5 Å². The van der Waals surface area contributed by atoms with Crippen LogP contribution < -0.4 is 10.6 Å². The normalized spacial score (nSPS) is 23.4. The molecule has 0 saturated carbocycles. The summed E-state index contributed by atoms with van der Waals surface area (Å²) in [7, 11) is 0. The summed E-state index contributed by atoms with van der Waals surface area (Å²) in [5.74, 6) is -0.998. The lowest BCUT2D eigenvalue weighted by Gasteiger charge is -1.88. The van der Waals surface area contributed by atoms with Gasteiger partial charge in [0.2, 0.25) is 11.8 Å². The molecule has 6 heteroatoms. The first-order valence-corrected chi connectivity index (χ1v) is 4.77. The van der Waals surface area contributed by atoms with Crippen molar-refractivity contribution in [2.24, 2.45) is 5.92 Å². The van der Waals surface area contributed by atoms with Crippen LogP contribution in [0.5, 0.6) is 0 Å². The monoisotopic (exact) mass is 224 g/mol. The summed E-state index contributed by atoms with van der Waals surface area (Å²) in [5, 5.41) is 4.28. The number of rotatable bonds is 0. The largest absolute Gasteiger partial charge is 0.296 e. The fourth-order valence-electron chi connectivity index (χ4n) is 1.19. The Morgan fingerprint density at radius 1 is 1.19 bits per heavy atom. The highest BCUT2D eigenvalue weighted by molar-refractivity contribution is 6.15. The number of hydrogen-bond donors (Lipinski definition) is 2. The summed E-state index contributed by atoms with van der Waals surface area (Å²) in [5.41, 5.74) is 0.481. The predicted octanol–water partition coefficient (Wildman–Crippen LogP) is -0.742. The molecular weight excluding hydrogens is 212 g/mol. The minimum Gasteiger partial charge on any atom is -0.296 e. The van der Waals surface area contributed by atoms with Gasteiger partial charge < -0.3 is 0 Å². The van der Waals surface area contributed by atoms with E-state index in [0.717, 1.165) is 0 Å². The van der Waals surface area contributed by atoms with Crippen LogP contribution in [-0.4, -0.2) is 23.6 Å². The summed E-state index contributed by atoms with van der Waals surface area (Å²) in [4.78, 5) is 41.4. The number of carbonyl (C=O) groups is 4. The molecule has 2 heterocycles.